The zero-order chi connectivity index (χ0) is 20.1. The Bertz CT molecular complexity index is 905. The van der Waals surface area contributed by atoms with Crippen molar-refractivity contribution in [3.63, 3.8) is 0 Å². The summed E-state index contributed by atoms with van der Waals surface area (Å²) in [7, 11) is 0. The summed E-state index contributed by atoms with van der Waals surface area (Å²) in [5, 5.41) is 7.36. The van der Waals surface area contributed by atoms with Crippen molar-refractivity contribution in [3.05, 3.63) is 90.0 Å². The number of benzene rings is 3. The van der Waals surface area contributed by atoms with Crippen LogP contribution in [0.3, 0.4) is 0 Å². The first kappa shape index (κ1) is 19.5. The van der Waals surface area contributed by atoms with E-state index >= 15 is 0 Å². The van der Waals surface area contributed by atoms with Gasteiger partial charge < -0.3 is 15.5 Å². The summed E-state index contributed by atoms with van der Waals surface area (Å²) in [5.41, 5.74) is 6.26. The Kier molecular flexibility index (Phi) is 6.16. The Morgan fingerprint density at radius 1 is 0.897 bits per heavy atom. The van der Waals surface area contributed by atoms with Crippen LogP contribution in [-0.2, 0) is 0 Å². The molecule has 0 saturated heterocycles. The van der Waals surface area contributed by atoms with Crippen molar-refractivity contribution < 1.29 is 0 Å². The average molecular weight is 386 g/mol. The molecule has 0 fully saturated rings. The van der Waals surface area contributed by atoms with Crippen LogP contribution < -0.4 is 15.5 Å². The summed E-state index contributed by atoms with van der Waals surface area (Å²) in [6.45, 7) is 5.44. The van der Waals surface area contributed by atoms with E-state index < -0.39 is 0 Å². The lowest BCUT2D eigenvalue weighted by Crippen LogP contribution is -2.24. The topological polar surface area (TPSA) is 27.3 Å². The highest BCUT2D eigenvalue weighted by Gasteiger charge is 2.30. The maximum Gasteiger partial charge on any atom is 0.130 e. The molecule has 2 N–H and O–H groups in total. The number of unbranched alkanes of at least 4 members (excludes halogenated alkanes) is 1. The van der Waals surface area contributed by atoms with Gasteiger partial charge in [0.2, 0.25) is 0 Å². The molecule has 1 heterocycles. The molecule has 0 amide bonds. The molecule has 4 rings (SSSR count). The molecule has 3 aromatic rings. The van der Waals surface area contributed by atoms with Crippen LogP contribution in [-0.4, -0.2) is 6.54 Å². The van der Waals surface area contributed by atoms with E-state index in [0.717, 1.165) is 6.54 Å². The van der Waals surface area contributed by atoms with Gasteiger partial charge in [0.05, 0.1) is 11.4 Å². The number of para-hydroxylation sites is 3. The molecule has 3 heteroatoms. The van der Waals surface area contributed by atoms with Gasteiger partial charge in [0.15, 0.2) is 0 Å². The first-order chi connectivity index (χ1) is 14.3. The van der Waals surface area contributed by atoms with Gasteiger partial charge in [-0.2, -0.15) is 0 Å². The van der Waals surface area contributed by atoms with Crippen LogP contribution >= 0.6 is 0 Å². The van der Waals surface area contributed by atoms with Crippen LogP contribution in [0.4, 0.5) is 17.1 Å². The zero-order valence-corrected chi connectivity index (χ0v) is 17.4. The molecule has 0 aliphatic carbocycles. The molecule has 1 aliphatic heterocycles. The van der Waals surface area contributed by atoms with Crippen molar-refractivity contribution in [3.8, 4) is 0 Å². The Morgan fingerprint density at radius 3 is 2.34 bits per heavy atom. The molecular formula is C26H31N3. The Hall–Kier alpha value is -2.78. The SMILES string of the molecule is CCCCC(NCC)c1ccc(C2Nc3ccccc3N2c2ccccc2)cc1. The van der Waals surface area contributed by atoms with E-state index in [4.69, 9.17) is 0 Å². The molecule has 2 atom stereocenters. The van der Waals surface area contributed by atoms with Gasteiger partial charge in [0.1, 0.15) is 6.17 Å². The van der Waals surface area contributed by atoms with Crippen LogP contribution in [0.15, 0.2) is 78.9 Å². The summed E-state index contributed by atoms with van der Waals surface area (Å²) < 4.78 is 0. The summed E-state index contributed by atoms with van der Waals surface area (Å²) in [6, 6.07) is 28.8. The summed E-state index contributed by atoms with van der Waals surface area (Å²) in [5.74, 6) is 0. The van der Waals surface area contributed by atoms with Crippen molar-refractivity contribution in [1.29, 1.82) is 0 Å². The monoisotopic (exact) mass is 385 g/mol. The van der Waals surface area contributed by atoms with Crippen molar-refractivity contribution >= 4 is 17.1 Å². The van der Waals surface area contributed by atoms with E-state index in [1.54, 1.807) is 0 Å². The fourth-order valence-corrected chi connectivity index (χ4v) is 4.22. The number of nitrogens with zero attached hydrogens (tertiary/aromatic N) is 1. The summed E-state index contributed by atoms with van der Waals surface area (Å²) in [6.07, 6.45) is 3.77. The van der Waals surface area contributed by atoms with Crippen LogP contribution in [0, 0.1) is 0 Å². The summed E-state index contributed by atoms with van der Waals surface area (Å²) in [4.78, 5) is 2.39. The first-order valence-electron chi connectivity index (χ1n) is 10.8. The minimum atomic E-state index is 0.0945. The second kappa shape index (κ2) is 9.15. The van der Waals surface area contributed by atoms with Gasteiger partial charge in [0, 0.05) is 11.7 Å². The standard InChI is InChI=1S/C26H31N3/c1-3-5-13-23(27-4-2)20-16-18-21(19-17-20)26-28-24-14-9-10-15-25(24)29(26)22-11-7-6-8-12-22/h6-12,14-19,23,26-28H,3-5,13H2,1-2H3. The second-order valence-electron chi connectivity index (χ2n) is 7.69. The molecule has 0 spiro atoms. The Morgan fingerprint density at radius 2 is 1.62 bits per heavy atom. The molecule has 1 aliphatic rings. The molecule has 2 unspecified atom stereocenters. The number of nitrogens with one attached hydrogen (secondary N) is 2. The van der Waals surface area contributed by atoms with Gasteiger partial charge in [-0.15, -0.1) is 0 Å². The second-order valence-corrected chi connectivity index (χ2v) is 7.69. The molecule has 150 valence electrons. The largest absolute Gasteiger partial charge is 0.359 e. The highest BCUT2D eigenvalue weighted by Crippen LogP contribution is 2.45. The highest BCUT2D eigenvalue weighted by molar-refractivity contribution is 5.83. The number of anilines is 3. The number of rotatable bonds is 8. The minimum absolute atomic E-state index is 0.0945. The molecule has 0 radical (unpaired) electrons. The van der Waals surface area contributed by atoms with Crippen molar-refractivity contribution in [2.45, 2.75) is 45.3 Å². The molecule has 0 saturated carbocycles. The smallest absolute Gasteiger partial charge is 0.130 e. The number of hydrogen-bond acceptors (Lipinski definition) is 3. The maximum atomic E-state index is 3.72. The molecule has 0 aromatic heterocycles. The van der Waals surface area contributed by atoms with E-state index in [0.29, 0.717) is 6.04 Å². The Balaban J connectivity index is 1.63. The van der Waals surface area contributed by atoms with Gasteiger partial charge in [-0.3, -0.25) is 0 Å². The highest BCUT2D eigenvalue weighted by atomic mass is 15.3. The lowest BCUT2D eigenvalue weighted by Gasteiger charge is -2.28. The fourth-order valence-electron chi connectivity index (χ4n) is 4.22. The molecular weight excluding hydrogens is 354 g/mol. The van der Waals surface area contributed by atoms with E-state index in [1.807, 2.05) is 0 Å². The Labute approximate surface area is 174 Å². The number of hydrogen-bond donors (Lipinski definition) is 2. The minimum Gasteiger partial charge on any atom is -0.359 e. The molecule has 29 heavy (non-hydrogen) atoms. The van der Waals surface area contributed by atoms with Gasteiger partial charge in [-0.05, 0) is 48.4 Å². The van der Waals surface area contributed by atoms with Crippen molar-refractivity contribution in [2.75, 3.05) is 16.8 Å². The first-order valence-corrected chi connectivity index (χ1v) is 10.8. The lowest BCUT2D eigenvalue weighted by molar-refractivity contribution is 0.494. The third-order valence-electron chi connectivity index (χ3n) is 5.70. The van der Waals surface area contributed by atoms with E-state index in [2.05, 4.69) is 108 Å². The van der Waals surface area contributed by atoms with Gasteiger partial charge in [0.25, 0.3) is 0 Å². The van der Waals surface area contributed by atoms with Crippen LogP contribution in [0.5, 0.6) is 0 Å². The van der Waals surface area contributed by atoms with Crippen LogP contribution in [0.25, 0.3) is 0 Å². The molecule has 3 nitrogen and oxygen atoms in total. The quantitative estimate of drug-likeness (QED) is 0.447. The van der Waals surface area contributed by atoms with Crippen molar-refractivity contribution in [1.82, 2.24) is 5.32 Å². The fraction of sp³-hybridized carbons (Fsp3) is 0.308. The maximum absolute atomic E-state index is 3.72. The number of fused-ring (bicyclic) bond motifs is 1. The predicted molar refractivity (Wildman–Crippen MR) is 124 cm³/mol. The van der Waals surface area contributed by atoms with Gasteiger partial charge in [-0.25, -0.2) is 0 Å². The third-order valence-corrected chi connectivity index (χ3v) is 5.70. The van der Waals surface area contributed by atoms with E-state index in [9.17, 15) is 0 Å². The van der Waals surface area contributed by atoms with E-state index in [-0.39, 0.29) is 6.17 Å². The normalized spacial score (nSPS) is 16.3. The molecule has 0 bridgehead atoms. The predicted octanol–water partition coefficient (Wildman–Crippen LogP) is 6.79. The van der Waals surface area contributed by atoms with Crippen LogP contribution in [0.1, 0.15) is 56.4 Å². The van der Waals surface area contributed by atoms with Gasteiger partial charge in [-0.1, -0.05) is 81.3 Å². The van der Waals surface area contributed by atoms with E-state index in [1.165, 1.54) is 47.5 Å². The summed E-state index contributed by atoms with van der Waals surface area (Å²) >= 11 is 0. The lowest BCUT2D eigenvalue weighted by atomic mass is 9.99. The van der Waals surface area contributed by atoms with Crippen LogP contribution in [0.2, 0.25) is 0 Å². The zero-order valence-electron chi connectivity index (χ0n) is 17.4. The molecule has 3 aromatic carbocycles. The van der Waals surface area contributed by atoms with Crippen molar-refractivity contribution in [2.24, 2.45) is 0 Å². The average Bonchev–Trinajstić information content (AvgIpc) is 3.17. The third kappa shape index (κ3) is 4.15. The van der Waals surface area contributed by atoms with Gasteiger partial charge >= 0.3 is 0 Å².